The SMILES string of the molecule is Nc1ccccc1NC(=O)c1cccc2ccccc12. The highest BCUT2D eigenvalue weighted by molar-refractivity contribution is 6.13. The first kappa shape index (κ1) is 12.2. The molecule has 0 saturated carbocycles. The van der Waals surface area contributed by atoms with E-state index in [1.165, 1.54) is 0 Å². The highest BCUT2D eigenvalue weighted by Crippen LogP contribution is 2.22. The third-order valence-corrected chi connectivity index (χ3v) is 3.24. The molecule has 3 aromatic rings. The molecule has 0 saturated heterocycles. The summed E-state index contributed by atoms with van der Waals surface area (Å²) >= 11 is 0. The van der Waals surface area contributed by atoms with Crippen LogP contribution in [0.2, 0.25) is 0 Å². The summed E-state index contributed by atoms with van der Waals surface area (Å²) in [5, 5.41) is 4.83. The first-order valence-electron chi connectivity index (χ1n) is 6.39. The minimum Gasteiger partial charge on any atom is -0.397 e. The maximum Gasteiger partial charge on any atom is 0.256 e. The molecule has 3 heteroatoms. The molecule has 0 fully saturated rings. The zero-order valence-corrected chi connectivity index (χ0v) is 10.8. The molecule has 3 nitrogen and oxygen atoms in total. The molecule has 20 heavy (non-hydrogen) atoms. The van der Waals surface area contributed by atoms with Gasteiger partial charge in [-0.1, -0.05) is 48.5 Å². The van der Waals surface area contributed by atoms with Crippen molar-refractivity contribution in [1.82, 2.24) is 0 Å². The van der Waals surface area contributed by atoms with Gasteiger partial charge in [0.2, 0.25) is 0 Å². The zero-order chi connectivity index (χ0) is 13.9. The second-order valence-corrected chi connectivity index (χ2v) is 4.57. The van der Waals surface area contributed by atoms with Gasteiger partial charge in [-0.15, -0.1) is 0 Å². The number of anilines is 2. The standard InChI is InChI=1S/C17H14N2O/c18-15-10-3-4-11-16(15)19-17(20)14-9-5-7-12-6-1-2-8-13(12)14/h1-11H,18H2,(H,19,20). The molecule has 3 aromatic carbocycles. The molecule has 0 atom stereocenters. The molecule has 0 radical (unpaired) electrons. The topological polar surface area (TPSA) is 55.1 Å². The van der Waals surface area contributed by atoms with Gasteiger partial charge in [0.25, 0.3) is 5.91 Å². The Kier molecular flexibility index (Phi) is 3.09. The van der Waals surface area contributed by atoms with Crippen LogP contribution in [0.4, 0.5) is 11.4 Å². The molecule has 0 aliphatic carbocycles. The third kappa shape index (κ3) is 2.21. The molecule has 98 valence electrons. The van der Waals surface area contributed by atoms with E-state index in [0.29, 0.717) is 16.9 Å². The van der Waals surface area contributed by atoms with Gasteiger partial charge in [0, 0.05) is 5.56 Å². The average molecular weight is 262 g/mol. The molecular formula is C17H14N2O. The fourth-order valence-electron chi connectivity index (χ4n) is 2.22. The maximum atomic E-state index is 12.4. The van der Waals surface area contributed by atoms with Gasteiger partial charge in [-0.25, -0.2) is 0 Å². The van der Waals surface area contributed by atoms with Crippen molar-refractivity contribution in [2.75, 3.05) is 11.1 Å². The zero-order valence-electron chi connectivity index (χ0n) is 10.8. The van der Waals surface area contributed by atoms with E-state index >= 15 is 0 Å². The number of hydrogen-bond acceptors (Lipinski definition) is 2. The van der Waals surface area contributed by atoms with E-state index in [0.717, 1.165) is 10.8 Å². The lowest BCUT2D eigenvalue weighted by molar-refractivity contribution is 0.102. The molecule has 3 N–H and O–H groups in total. The van der Waals surface area contributed by atoms with E-state index in [4.69, 9.17) is 5.73 Å². The van der Waals surface area contributed by atoms with Crippen LogP contribution in [0.1, 0.15) is 10.4 Å². The Morgan fingerprint density at radius 1 is 0.850 bits per heavy atom. The summed E-state index contributed by atoms with van der Waals surface area (Å²) in [5.41, 5.74) is 7.68. The molecule has 1 amide bonds. The predicted molar refractivity (Wildman–Crippen MR) is 82.8 cm³/mol. The third-order valence-electron chi connectivity index (χ3n) is 3.24. The van der Waals surface area contributed by atoms with Crippen LogP contribution in [-0.4, -0.2) is 5.91 Å². The van der Waals surface area contributed by atoms with Gasteiger partial charge in [0.1, 0.15) is 0 Å². The number of carbonyl (C=O) groups excluding carboxylic acids is 1. The maximum absolute atomic E-state index is 12.4. The Morgan fingerprint density at radius 3 is 2.40 bits per heavy atom. The summed E-state index contributed by atoms with van der Waals surface area (Å²) in [4.78, 5) is 12.4. The monoisotopic (exact) mass is 262 g/mol. The lowest BCUT2D eigenvalue weighted by atomic mass is 10.0. The number of fused-ring (bicyclic) bond motifs is 1. The summed E-state index contributed by atoms with van der Waals surface area (Å²) in [5.74, 6) is -0.153. The van der Waals surface area contributed by atoms with Crippen LogP contribution in [0.3, 0.4) is 0 Å². The number of benzene rings is 3. The summed E-state index contributed by atoms with van der Waals surface area (Å²) < 4.78 is 0. The van der Waals surface area contributed by atoms with E-state index in [-0.39, 0.29) is 5.91 Å². The van der Waals surface area contributed by atoms with Gasteiger partial charge in [-0.2, -0.15) is 0 Å². The first-order valence-corrected chi connectivity index (χ1v) is 6.39. The van der Waals surface area contributed by atoms with Crippen molar-refractivity contribution in [2.45, 2.75) is 0 Å². The van der Waals surface area contributed by atoms with Crippen molar-refractivity contribution < 1.29 is 4.79 Å². The fraction of sp³-hybridized carbons (Fsp3) is 0. The summed E-state index contributed by atoms with van der Waals surface area (Å²) in [6, 6.07) is 20.7. The minimum absolute atomic E-state index is 0.153. The Hall–Kier alpha value is -2.81. The van der Waals surface area contributed by atoms with E-state index < -0.39 is 0 Å². The Labute approximate surface area is 117 Å². The molecule has 0 bridgehead atoms. The van der Waals surface area contributed by atoms with Gasteiger partial charge in [0.15, 0.2) is 0 Å². The molecule has 0 unspecified atom stereocenters. The number of nitrogens with one attached hydrogen (secondary N) is 1. The predicted octanol–water partition coefficient (Wildman–Crippen LogP) is 3.67. The van der Waals surface area contributed by atoms with Gasteiger partial charge >= 0.3 is 0 Å². The largest absolute Gasteiger partial charge is 0.397 e. The van der Waals surface area contributed by atoms with Crippen LogP contribution in [0.5, 0.6) is 0 Å². The highest BCUT2D eigenvalue weighted by atomic mass is 16.1. The molecule has 0 aliphatic rings. The smallest absolute Gasteiger partial charge is 0.256 e. The summed E-state index contributed by atoms with van der Waals surface area (Å²) in [7, 11) is 0. The minimum atomic E-state index is -0.153. The number of rotatable bonds is 2. The summed E-state index contributed by atoms with van der Waals surface area (Å²) in [6.45, 7) is 0. The van der Waals surface area contributed by atoms with Crippen LogP contribution in [0.15, 0.2) is 66.7 Å². The number of hydrogen-bond donors (Lipinski definition) is 2. The second-order valence-electron chi connectivity index (χ2n) is 4.57. The van der Waals surface area contributed by atoms with Crippen molar-refractivity contribution in [2.24, 2.45) is 0 Å². The van der Waals surface area contributed by atoms with Gasteiger partial charge in [-0.3, -0.25) is 4.79 Å². The van der Waals surface area contributed by atoms with Crippen molar-refractivity contribution in [3.8, 4) is 0 Å². The van der Waals surface area contributed by atoms with Gasteiger partial charge < -0.3 is 11.1 Å². The number of nitrogens with two attached hydrogens (primary N) is 1. The van der Waals surface area contributed by atoms with Crippen LogP contribution in [0.25, 0.3) is 10.8 Å². The fourth-order valence-corrected chi connectivity index (χ4v) is 2.22. The van der Waals surface area contributed by atoms with Crippen LogP contribution < -0.4 is 11.1 Å². The molecule has 0 aliphatic heterocycles. The molecule has 0 spiro atoms. The van der Waals surface area contributed by atoms with E-state index in [9.17, 15) is 4.79 Å². The first-order chi connectivity index (χ1) is 9.75. The van der Waals surface area contributed by atoms with Crippen molar-refractivity contribution >= 4 is 28.1 Å². The quantitative estimate of drug-likeness (QED) is 0.692. The number of nitrogen functional groups attached to an aromatic ring is 1. The molecule has 3 rings (SSSR count). The number of amides is 1. The van der Waals surface area contributed by atoms with Gasteiger partial charge in [-0.05, 0) is 29.0 Å². The lowest BCUT2D eigenvalue weighted by Gasteiger charge is -2.09. The average Bonchev–Trinajstić information content (AvgIpc) is 2.49. The van der Waals surface area contributed by atoms with Gasteiger partial charge in [0.05, 0.1) is 11.4 Å². The van der Waals surface area contributed by atoms with Crippen molar-refractivity contribution in [3.05, 3.63) is 72.3 Å². The second kappa shape index (κ2) is 5.05. The molecule has 0 heterocycles. The molecular weight excluding hydrogens is 248 g/mol. The normalized spacial score (nSPS) is 10.4. The number of para-hydroxylation sites is 2. The van der Waals surface area contributed by atoms with E-state index in [2.05, 4.69) is 5.32 Å². The van der Waals surface area contributed by atoms with E-state index in [1.54, 1.807) is 12.1 Å². The van der Waals surface area contributed by atoms with E-state index in [1.807, 2.05) is 54.6 Å². The van der Waals surface area contributed by atoms with Crippen molar-refractivity contribution in [1.29, 1.82) is 0 Å². The van der Waals surface area contributed by atoms with Crippen molar-refractivity contribution in [3.63, 3.8) is 0 Å². The highest BCUT2D eigenvalue weighted by Gasteiger charge is 2.10. The number of carbonyl (C=O) groups is 1. The Bertz CT molecular complexity index is 775. The Balaban J connectivity index is 1.99. The lowest BCUT2D eigenvalue weighted by Crippen LogP contribution is -2.13. The van der Waals surface area contributed by atoms with Crippen LogP contribution in [0, 0.1) is 0 Å². The molecule has 0 aromatic heterocycles. The van der Waals surface area contributed by atoms with Crippen LogP contribution >= 0.6 is 0 Å². The Morgan fingerprint density at radius 2 is 1.55 bits per heavy atom. The van der Waals surface area contributed by atoms with Crippen LogP contribution in [-0.2, 0) is 0 Å². The summed E-state index contributed by atoms with van der Waals surface area (Å²) in [6.07, 6.45) is 0.